The van der Waals surface area contributed by atoms with Crippen LogP contribution >= 0.6 is 11.6 Å². The maximum Gasteiger partial charge on any atom is 0.156 e. The number of hydrogen-bond donors (Lipinski definition) is 0. The van der Waals surface area contributed by atoms with Crippen molar-refractivity contribution in [3.63, 3.8) is 0 Å². The average molecular weight is 159 g/mol. The van der Waals surface area contributed by atoms with Crippen molar-refractivity contribution in [2.24, 2.45) is 0 Å². The van der Waals surface area contributed by atoms with E-state index in [0.29, 0.717) is 11.5 Å². The van der Waals surface area contributed by atoms with Crippen molar-refractivity contribution in [3.05, 3.63) is 23.3 Å². The third-order valence-electron chi connectivity index (χ3n) is 0.973. The third-order valence-corrected chi connectivity index (χ3v) is 1.21. The first-order valence-corrected chi connectivity index (χ1v) is 3.61. The molecular formula is C8H11ClO. The van der Waals surface area contributed by atoms with E-state index in [9.17, 15) is 4.79 Å². The van der Waals surface area contributed by atoms with E-state index >= 15 is 0 Å². The third kappa shape index (κ3) is 4.33. The summed E-state index contributed by atoms with van der Waals surface area (Å²) in [5, 5.41) is 0.495. The fraction of sp³-hybridized carbons (Fsp3) is 0.375. The van der Waals surface area contributed by atoms with Crippen LogP contribution in [0.2, 0.25) is 0 Å². The zero-order valence-corrected chi connectivity index (χ0v) is 6.98. The molecule has 0 aliphatic carbocycles. The van der Waals surface area contributed by atoms with Crippen LogP contribution in [0.25, 0.3) is 0 Å². The monoisotopic (exact) mass is 158 g/mol. The molecule has 0 radical (unpaired) electrons. The predicted octanol–water partition coefficient (Wildman–Crippen LogP) is 2.66. The number of rotatable bonds is 3. The van der Waals surface area contributed by atoms with E-state index in [2.05, 4.69) is 0 Å². The molecule has 0 amide bonds. The van der Waals surface area contributed by atoms with Gasteiger partial charge in [0.15, 0.2) is 5.78 Å². The van der Waals surface area contributed by atoms with Gasteiger partial charge >= 0.3 is 0 Å². The Labute approximate surface area is 66.4 Å². The van der Waals surface area contributed by atoms with Gasteiger partial charge in [-0.2, -0.15) is 0 Å². The summed E-state index contributed by atoms with van der Waals surface area (Å²) in [6.07, 6.45) is 5.42. The van der Waals surface area contributed by atoms with Gasteiger partial charge < -0.3 is 0 Å². The van der Waals surface area contributed by atoms with Gasteiger partial charge in [-0.15, -0.1) is 0 Å². The van der Waals surface area contributed by atoms with E-state index in [1.165, 1.54) is 6.08 Å². The molecule has 0 N–H and O–H groups in total. The van der Waals surface area contributed by atoms with E-state index in [0.717, 1.165) is 0 Å². The molecular weight excluding hydrogens is 148 g/mol. The van der Waals surface area contributed by atoms with Gasteiger partial charge in [-0.3, -0.25) is 4.79 Å². The Balaban J connectivity index is 4.02. The SMILES string of the molecule is C/C=C/C(Cl)=C\C(=O)CC. The molecule has 0 fully saturated rings. The van der Waals surface area contributed by atoms with Gasteiger partial charge in [0.25, 0.3) is 0 Å². The number of carbonyl (C=O) groups excluding carboxylic acids is 1. The first kappa shape index (κ1) is 9.44. The first-order chi connectivity index (χ1) is 4.70. The summed E-state index contributed by atoms with van der Waals surface area (Å²) in [6, 6.07) is 0. The number of allylic oxidation sites excluding steroid dienone is 4. The Morgan fingerprint density at radius 2 is 2.20 bits per heavy atom. The van der Waals surface area contributed by atoms with Crippen LogP contribution in [0.15, 0.2) is 23.3 Å². The van der Waals surface area contributed by atoms with E-state index < -0.39 is 0 Å². The topological polar surface area (TPSA) is 17.1 Å². The minimum absolute atomic E-state index is 0.0584. The summed E-state index contributed by atoms with van der Waals surface area (Å²) in [5.41, 5.74) is 0. The van der Waals surface area contributed by atoms with Crippen molar-refractivity contribution in [2.45, 2.75) is 20.3 Å². The lowest BCUT2D eigenvalue weighted by atomic mass is 10.3. The van der Waals surface area contributed by atoms with Crippen molar-refractivity contribution in [1.82, 2.24) is 0 Å². The van der Waals surface area contributed by atoms with Crippen molar-refractivity contribution in [1.29, 1.82) is 0 Å². The molecule has 0 aromatic carbocycles. The summed E-state index contributed by atoms with van der Waals surface area (Å²) < 4.78 is 0. The van der Waals surface area contributed by atoms with Crippen LogP contribution in [0.5, 0.6) is 0 Å². The second kappa shape index (κ2) is 5.24. The van der Waals surface area contributed by atoms with Crippen molar-refractivity contribution >= 4 is 17.4 Å². The Bertz CT molecular complexity index is 168. The maximum atomic E-state index is 10.7. The number of carbonyl (C=O) groups is 1. The molecule has 56 valence electrons. The Morgan fingerprint density at radius 1 is 1.60 bits per heavy atom. The lowest BCUT2D eigenvalue weighted by Gasteiger charge is -1.86. The highest BCUT2D eigenvalue weighted by Crippen LogP contribution is 2.03. The molecule has 10 heavy (non-hydrogen) atoms. The number of hydrogen-bond acceptors (Lipinski definition) is 1. The summed E-state index contributed by atoms with van der Waals surface area (Å²) in [5.74, 6) is 0.0584. The second-order valence-electron chi connectivity index (χ2n) is 1.85. The van der Waals surface area contributed by atoms with Crippen molar-refractivity contribution in [2.75, 3.05) is 0 Å². The Hall–Kier alpha value is -0.560. The summed E-state index contributed by atoms with van der Waals surface area (Å²) in [6.45, 7) is 3.66. The van der Waals surface area contributed by atoms with Crippen LogP contribution in [0.4, 0.5) is 0 Å². The number of halogens is 1. The summed E-state index contributed by atoms with van der Waals surface area (Å²) >= 11 is 5.61. The number of ketones is 1. The molecule has 0 aliphatic rings. The van der Waals surface area contributed by atoms with Crippen LogP contribution < -0.4 is 0 Å². The summed E-state index contributed by atoms with van der Waals surface area (Å²) in [7, 11) is 0. The standard InChI is InChI=1S/C8H11ClO/c1-3-5-7(9)6-8(10)4-2/h3,5-6H,4H2,1-2H3/b5-3+,7-6+. The molecule has 0 aromatic heterocycles. The molecule has 0 saturated carbocycles. The summed E-state index contributed by atoms with van der Waals surface area (Å²) in [4.78, 5) is 10.7. The van der Waals surface area contributed by atoms with Gasteiger partial charge in [0.2, 0.25) is 0 Å². The Morgan fingerprint density at radius 3 is 2.60 bits per heavy atom. The molecule has 0 aliphatic heterocycles. The highest BCUT2D eigenvalue weighted by Gasteiger charge is 1.91. The molecule has 0 atom stereocenters. The van der Waals surface area contributed by atoms with Gasteiger partial charge in [0.1, 0.15) is 0 Å². The van der Waals surface area contributed by atoms with Crippen molar-refractivity contribution < 1.29 is 4.79 Å². The van der Waals surface area contributed by atoms with Crippen LogP contribution in [-0.4, -0.2) is 5.78 Å². The van der Waals surface area contributed by atoms with Gasteiger partial charge in [0.05, 0.1) is 0 Å². The fourth-order valence-corrected chi connectivity index (χ4v) is 0.711. The van der Waals surface area contributed by atoms with Crippen LogP contribution in [0.3, 0.4) is 0 Å². The van der Waals surface area contributed by atoms with E-state index in [1.807, 2.05) is 6.92 Å². The lowest BCUT2D eigenvalue weighted by molar-refractivity contribution is -0.114. The zero-order valence-electron chi connectivity index (χ0n) is 6.23. The molecule has 0 spiro atoms. The smallest absolute Gasteiger partial charge is 0.156 e. The molecule has 2 heteroatoms. The molecule has 0 rings (SSSR count). The molecule has 0 unspecified atom stereocenters. The quantitative estimate of drug-likeness (QED) is 0.456. The van der Waals surface area contributed by atoms with Gasteiger partial charge in [-0.05, 0) is 19.1 Å². The van der Waals surface area contributed by atoms with Gasteiger partial charge in [0, 0.05) is 11.5 Å². The van der Waals surface area contributed by atoms with Gasteiger partial charge in [-0.1, -0.05) is 24.6 Å². The Kier molecular flexibility index (Phi) is 4.95. The van der Waals surface area contributed by atoms with E-state index in [-0.39, 0.29) is 5.78 Å². The molecule has 0 bridgehead atoms. The highest BCUT2D eigenvalue weighted by molar-refractivity contribution is 6.32. The highest BCUT2D eigenvalue weighted by atomic mass is 35.5. The van der Waals surface area contributed by atoms with Crippen LogP contribution in [0.1, 0.15) is 20.3 Å². The fourth-order valence-electron chi connectivity index (χ4n) is 0.463. The molecule has 0 saturated heterocycles. The minimum atomic E-state index is 0.0584. The van der Waals surface area contributed by atoms with E-state index in [4.69, 9.17) is 11.6 Å². The normalized spacial score (nSPS) is 12.5. The second-order valence-corrected chi connectivity index (χ2v) is 2.29. The van der Waals surface area contributed by atoms with E-state index in [1.54, 1.807) is 19.1 Å². The van der Waals surface area contributed by atoms with Crippen LogP contribution in [0, 0.1) is 0 Å². The minimum Gasteiger partial charge on any atom is -0.295 e. The molecule has 1 nitrogen and oxygen atoms in total. The van der Waals surface area contributed by atoms with Crippen molar-refractivity contribution in [3.8, 4) is 0 Å². The predicted molar refractivity (Wildman–Crippen MR) is 44.0 cm³/mol. The molecule has 0 aromatic rings. The average Bonchev–Trinajstić information content (AvgIpc) is 1.88. The first-order valence-electron chi connectivity index (χ1n) is 3.23. The van der Waals surface area contributed by atoms with Gasteiger partial charge in [-0.25, -0.2) is 0 Å². The zero-order chi connectivity index (χ0) is 7.98. The van der Waals surface area contributed by atoms with Crippen LogP contribution in [-0.2, 0) is 4.79 Å². The lowest BCUT2D eigenvalue weighted by Crippen LogP contribution is -1.87. The maximum absolute atomic E-state index is 10.7. The molecule has 0 heterocycles. The largest absolute Gasteiger partial charge is 0.295 e.